The second kappa shape index (κ2) is 18.0. The number of Topliss-reactive ketones (excluding diaryl/α,β-unsaturated/α-hetero) is 2. The first-order valence-corrected chi connectivity index (χ1v) is 18.2. The van der Waals surface area contributed by atoms with Crippen molar-refractivity contribution in [1.82, 2.24) is 0 Å². The van der Waals surface area contributed by atoms with Gasteiger partial charge in [0.2, 0.25) is 0 Å². The first-order chi connectivity index (χ1) is 21.9. The van der Waals surface area contributed by atoms with Gasteiger partial charge in [0.1, 0.15) is 17.5 Å². The average molecular weight is 751 g/mol. The molecule has 0 aliphatic carbocycles. The van der Waals surface area contributed by atoms with Gasteiger partial charge in [-0.3, -0.25) is 9.59 Å². The minimum atomic E-state index is -1.05. The van der Waals surface area contributed by atoms with Crippen LogP contribution >= 0.6 is 0 Å². The van der Waals surface area contributed by atoms with E-state index in [0.717, 1.165) is 25.7 Å². The number of aliphatic hydroxyl groups excluding tert-OH is 1. The summed E-state index contributed by atoms with van der Waals surface area (Å²) in [5, 5.41) is 9.79. The van der Waals surface area contributed by atoms with E-state index in [1.165, 1.54) is 29.5 Å². The second-order valence-corrected chi connectivity index (χ2v) is 18.2. The average Bonchev–Trinajstić information content (AvgIpc) is 2.99. The fraction of sp³-hybridized carbons (Fsp3) is 0.659. The molecule has 0 aliphatic rings. The fourth-order valence-electron chi connectivity index (χ4n) is 7.50. The van der Waals surface area contributed by atoms with Crippen LogP contribution in [-0.2, 0) is 52.5 Å². The van der Waals surface area contributed by atoms with E-state index in [4.69, 9.17) is 4.74 Å². The van der Waals surface area contributed by atoms with E-state index in [0.29, 0.717) is 18.3 Å². The zero-order chi connectivity index (χ0) is 36.9. The Bertz CT molecular complexity index is 1310. The Balaban J connectivity index is 0.0000120. The van der Waals surface area contributed by atoms with Crippen molar-refractivity contribution in [3.63, 3.8) is 0 Å². The number of hydrogen-bond donors (Lipinski definition) is 1. The van der Waals surface area contributed by atoms with Crippen molar-refractivity contribution < 1.29 is 52.1 Å². The van der Waals surface area contributed by atoms with Crippen LogP contribution in [0.4, 0.5) is 0 Å². The first kappa shape index (κ1) is 45.8. The predicted molar refractivity (Wildman–Crippen MR) is 202 cm³/mol. The number of ether oxygens (including phenoxy) is 1. The Morgan fingerprint density at radius 1 is 0.776 bits per heavy atom. The molecule has 0 spiro atoms. The van der Waals surface area contributed by atoms with Crippen LogP contribution in [0, 0.1) is 28.1 Å². The predicted octanol–water partition coefficient (Wildman–Crippen LogP) is 11.1. The maximum atomic E-state index is 14.9. The number of carbonyl (C=O) groups excluding carboxylic acids is 2. The molecule has 273 valence electrons. The molecule has 4 nitrogen and oxygen atoms in total. The van der Waals surface area contributed by atoms with Crippen molar-refractivity contribution >= 4 is 11.6 Å². The number of benzene rings is 2. The third-order valence-corrected chi connectivity index (χ3v) is 11.0. The molecule has 0 amide bonds. The van der Waals surface area contributed by atoms with Crippen LogP contribution in [0.5, 0.6) is 0 Å². The zero-order valence-corrected chi connectivity index (χ0v) is 36.6. The molecule has 3 unspecified atom stereocenters. The van der Waals surface area contributed by atoms with Gasteiger partial charge < -0.3 is 15.8 Å². The van der Waals surface area contributed by atoms with Crippen molar-refractivity contribution in [2.75, 3.05) is 6.61 Å². The maximum absolute atomic E-state index is 14.9. The van der Waals surface area contributed by atoms with Crippen LogP contribution in [0.25, 0.3) is 0 Å². The van der Waals surface area contributed by atoms with E-state index < -0.39 is 22.5 Å². The van der Waals surface area contributed by atoms with Crippen LogP contribution in [0.2, 0.25) is 0 Å². The van der Waals surface area contributed by atoms with Gasteiger partial charge in [-0.2, -0.15) is 18.8 Å². The number of rotatable bonds is 18. The van der Waals surface area contributed by atoms with Crippen molar-refractivity contribution in [1.29, 1.82) is 0 Å². The van der Waals surface area contributed by atoms with Crippen molar-refractivity contribution in [3.05, 3.63) is 77.2 Å². The molecule has 0 heterocycles. The van der Waals surface area contributed by atoms with Crippen LogP contribution in [0.15, 0.2) is 54.6 Å². The van der Waals surface area contributed by atoms with E-state index in [-0.39, 0.29) is 61.2 Å². The van der Waals surface area contributed by atoms with Gasteiger partial charge in [0, 0.05) is 50.1 Å². The van der Waals surface area contributed by atoms with Crippen LogP contribution in [0.3, 0.4) is 0 Å². The minimum Gasteiger partial charge on any atom is -0.385 e. The number of hydrogen-bond acceptors (Lipinski definition) is 4. The molecule has 0 aromatic heterocycles. The molecule has 0 aliphatic heterocycles. The van der Waals surface area contributed by atoms with Gasteiger partial charge in [-0.05, 0) is 73.5 Å². The summed E-state index contributed by atoms with van der Waals surface area (Å²) in [6.07, 6.45) is 2.24. The molecular weight excluding hydrogens is 681 g/mol. The smallest absolute Gasteiger partial charge is 0.192 e. The Morgan fingerprint density at radius 2 is 1.29 bits per heavy atom. The van der Waals surface area contributed by atoms with Gasteiger partial charge in [-0.1, -0.05) is 137 Å². The van der Waals surface area contributed by atoms with E-state index >= 15 is 0 Å². The maximum Gasteiger partial charge on any atom is 0.192 e. The quantitative estimate of drug-likeness (QED) is 0.122. The number of aliphatic hydroxyl groups is 1. The van der Waals surface area contributed by atoms with Gasteiger partial charge in [0.15, 0.2) is 5.78 Å². The van der Waals surface area contributed by atoms with Crippen LogP contribution < -0.4 is 0 Å². The molecule has 0 saturated heterocycles. The summed E-state index contributed by atoms with van der Waals surface area (Å²) in [7, 11) is 0. The standard InChI is InChI=1S/C44H69O4.Y/c1-30(2)28-36(33-21-17-16-18-22-33)43(12,13)39(47)41(8,9)29-37(34-23-25-35(26-24-34)40(5,6)7)42(10,11)31(3)20-19-27-48-44(14,15)38(46)32(4)45;/h16-18,21-26,30,32,36-37,45H,19-20,27-29H2,1-15H3;/q-1;. The van der Waals surface area contributed by atoms with Gasteiger partial charge in [-0.15, -0.1) is 0 Å². The molecule has 5 heteroatoms. The Kier molecular flexibility index (Phi) is 16.9. The topological polar surface area (TPSA) is 63.6 Å². The van der Waals surface area contributed by atoms with E-state index in [1.807, 2.05) is 6.07 Å². The Labute approximate surface area is 326 Å². The summed E-state index contributed by atoms with van der Waals surface area (Å²) in [4.78, 5) is 27.3. The molecule has 2 aromatic carbocycles. The zero-order valence-electron chi connectivity index (χ0n) is 33.8. The van der Waals surface area contributed by atoms with Crippen LogP contribution in [0.1, 0.15) is 158 Å². The summed E-state index contributed by atoms with van der Waals surface area (Å²) in [5.41, 5.74) is 1.47. The molecule has 49 heavy (non-hydrogen) atoms. The molecule has 3 atom stereocenters. The Morgan fingerprint density at radius 3 is 1.76 bits per heavy atom. The molecule has 2 rings (SSSR count). The van der Waals surface area contributed by atoms with E-state index in [1.54, 1.807) is 13.8 Å². The summed E-state index contributed by atoms with van der Waals surface area (Å²) in [6.45, 7) is 32.1. The van der Waals surface area contributed by atoms with Crippen molar-refractivity contribution in [3.8, 4) is 0 Å². The summed E-state index contributed by atoms with van der Waals surface area (Å²) in [5.74, 6) is 2.06. The number of ketones is 2. The molecule has 0 bridgehead atoms. The second-order valence-electron chi connectivity index (χ2n) is 18.2. The molecule has 1 N–H and O–H groups in total. The van der Waals surface area contributed by atoms with Gasteiger partial charge in [-0.25, -0.2) is 0 Å². The van der Waals surface area contributed by atoms with Crippen molar-refractivity contribution in [2.45, 2.75) is 158 Å². The Hall–Kier alpha value is -1.20. The molecular formula is C44H69O4Y-. The fourth-order valence-corrected chi connectivity index (χ4v) is 7.50. The monoisotopic (exact) mass is 750 g/mol. The normalized spacial score (nSPS) is 15.1. The van der Waals surface area contributed by atoms with E-state index in [2.05, 4.69) is 132 Å². The number of carbonyl (C=O) groups is 2. The SMILES string of the molecule is C[C-](CCCOC(C)(C)C(=O)C(C)O)C(C)(C)C(CC(C)(C)C(=O)C(C)(C)C(CC(C)C)c1ccccc1)c1ccc(C(C)(C)C)cc1.[Y]. The summed E-state index contributed by atoms with van der Waals surface area (Å²) >= 11 is 0. The largest absolute Gasteiger partial charge is 0.385 e. The third-order valence-electron chi connectivity index (χ3n) is 11.0. The first-order valence-electron chi connectivity index (χ1n) is 18.2. The van der Waals surface area contributed by atoms with Gasteiger partial charge >= 0.3 is 0 Å². The van der Waals surface area contributed by atoms with Gasteiger partial charge in [0.25, 0.3) is 0 Å². The minimum absolute atomic E-state index is 0. The molecule has 1 radical (unpaired) electrons. The molecule has 0 saturated carbocycles. The summed E-state index contributed by atoms with van der Waals surface area (Å²) < 4.78 is 5.97. The van der Waals surface area contributed by atoms with Crippen LogP contribution in [-0.4, -0.2) is 35.0 Å². The van der Waals surface area contributed by atoms with Crippen molar-refractivity contribution in [2.24, 2.45) is 22.2 Å². The molecule has 2 aromatic rings. The molecule has 0 fully saturated rings. The summed E-state index contributed by atoms with van der Waals surface area (Å²) in [6, 6.07) is 19.7. The van der Waals surface area contributed by atoms with Gasteiger partial charge in [0.05, 0.1) is 0 Å². The van der Waals surface area contributed by atoms with E-state index in [9.17, 15) is 14.7 Å². The third kappa shape index (κ3) is 12.2.